The molecular weight excluding hydrogens is 154 g/mol. The molecule has 0 unspecified atom stereocenters. The molecule has 0 aliphatic heterocycles. The highest BCUT2D eigenvalue weighted by Gasteiger charge is 1.98. The van der Waals surface area contributed by atoms with E-state index < -0.39 is 0 Å². The Bertz CT molecular complexity index is 433. The fraction of sp³-hybridized carbons (Fsp3) is 0.125. The molecule has 4 nitrogen and oxygen atoms in total. The summed E-state index contributed by atoms with van der Waals surface area (Å²) in [5.74, 6) is 0.707. The first-order chi connectivity index (χ1) is 5.79. The number of fused-ring (bicyclic) bond motifs is 1. The van der Waals surface area contributed by atoms with Crippen molar-refractivity contribution in [2.24, 2.45) is 0 Å². The number of carbonyl (C=O) groups is 1. The average Bonchev–Trinajstić information content (AvgIpc) is 2.43. The molecule has 0 atom stereocenters. The molecule has 0 fully saturated rings. The summed E-state index contributed by atoms with van der Waals surface area (Å²) in [7, 11) is 0. The Morgan fingerprint density at radius 1 is 1.50 bits per heavy atom. The molecule has 0 aliphatic carbocycles. The second-order valence-corrected chi connectivity index (χ2v) is 2.54. The molecule has 0 saturated heterocycles. The zero-order valence-corrected chi connectivity index (χ0v) is 6.56. The summed E-state index contributed by atoms with van der Waals surface area (Å²) in [5.41, 5.74) is 1.37. The number of hydrogen-bond donors (Lipinski definition) is 0. The number of carbonyl (C=O) groups excluding carboxylic acids is 1. The first-order valence-corrected chi connectivity index (χ1v) is 3.58. The summed E-state index contributed by atoms with van der Waals surface area (Å²) in [6.45, 7) is 1.81. The van der Waals surface area contributed by atoms with Gasteiger partial charge in [0.25, 0.3) is 0 Å². The largest absolute Gasteiger partial charge is 0.298 e. The lowest BCUT2D eigenvalue weighted by Gasteiger charge is -1.90. The zero-order valence-electron chi connectivity index (χ0n) is 6.56. The summed E-state index contributed by atoms with van der Waals surface area (Å²) in [6.07, 6.45) is 2.44. The van der Waals surface area contributed by atoms with Crippen LogP contribution in [0, 0.1) is 6.92 Å². The van der Waals surface area contributed by atoms with Crippen LogP contribution >= 0.6 is 0 Å². The number of nitrogens with zero attached hydrogens (tertiary/aromatic N) is 3. The lowest BCUT2D eigenvalue weighted by atomic mass is 10.3. The molecule has 2 aromatic rings. The van der Waals surface area contributed by atoms with Crippen molar-refractivity contribution in [1.29, 1.82) is 0 Å². The van der Waals surface area contributed by atoms with Gasteiger partial charge >= 0.3 is 0 Å². The Labute approximate surface area is 68.8 Å². The van der Waals surface area contributed by atoms with Gasteiger partial charge in [0.15, 0.2) is 11.9 Å². The van der Waals surface area contributed by atoms with E-state index in [0.717, 1.165) is 11.9 Å². The quantitative estimate of drug-likeness (QED) is 0.582. The molecule has 2 aromatic heterocycles. The van der Waals surface area contributed by atoms with Crippen molar-refractivity contribution in [2.45, 2.75) is 6.92 Å². The highest BCUT2D eigenvalue weighted by atomic mass is 16.1. The number of aldehydes is 1. The van der Waals surface area contributed by atoms with Gasteiger partial charge in [-0.3, -0.25) is 4.79 Å². The summed E-state index contributed by atoms with van der Waals surface area (Å²) in [6, 6.07) is 3.49. The van der Waals surface area contributed by atoms with Crippen molar-refractivity contribution in [2.75, 3.05) is 0 Å². The molecule has 0 aromatic carbocycles. The van der Waals surface area contributed by atoms with Crippen LogP contribution in [-0.4, -0.2) is 20.9 Å². The Hall–Kier alpha value is -1.71. The Morgan fingerprint density at radius 2 is 2.33 bits per heavy atom. The number of aromatic nitrogens is 3. The Balaban J connectivity index is 2.74. The predicted octanol–water partition coefficient (Wildman–Crippen LogP) is 0.850. The first kappa shape index (κ1) is 6.97. The van der Waals surface area contributed by atoms with E-state index in [1.165, 1.54) is 0 Å². The fourth-order valence-corrected chi connectivity index (χ4v) is 1.08. The lowest BCUT2D eigenvalue weighted by molar-refractivity contribution is 0.112. The minimum absolute atomic E-state index is 0.604. The van der Waals surface area contributed by atoms with Crippen LogP contribution in [0.15, 0.2) is 18.3 Å². The minimum Gasteiger partial charge on any atom is -0.298 e. The second kappa shape index (κ2) is 2.41. The molecule has 0 N–H and O–H groups in total. The molecule has 60 valence electrons. The number of pyridine rings is 1. The van der Waals surface area contributed by atoms with E-state index in [-0.39, 0.29) is 0 Å². The molecule has 0 radical (unpaired) electrons. The number of rotatable bonds is 1. The highest BCUT2D eigenvalue weighted by Crippen LogP contribution is 2.02. The van der Waals surface area contributed by atoms with Gasteiger partial charge in [0.2, 0.25) is 0 Å². The van der Waals surface area contributed by atoms with Gasteiger partial charge in [0.1, 0.15) is 5.82 Å². The summed E-state index contributed by atoms with van der Waals surface area (Å²) in [4.78, 5) is 14.5. The van der Waals surface area contributed by atoms with Gasteiger partial charge in [-0.15, -0.1) is 0 Å². The molecule has 0 saturated carbocycles. The van der Waals surface area contributed by atoms with E-state index in [9.17, 15) is 4.79 Å². The summed E-state index contributed by atoms with van der Waals surface area (Å²) < 4.78 is 1.60. The normalized spacial score (nSPS) is 10.4. The van der Waals surface area contributed by atoms with E-state index in [4.69, 9.17) is 0 Å². The van der Waals surface area contributed by atoms with Crippen LogP contribution in [0.1, 0.15) is 16.2 Å². The maximum absolute atomic E-state index is 10.4. The van der Waals surface area contributed by atoms with Crippen LogP contribution in [0.5, 0.6) is 0 Å². The predicted molar refractivity (Wildman–Crippen MR) is 43.1 cm³/mol. The van der Waals surface area contributed by atoms with E-state index in [0.29, 0.717) is 11.4 Å². The van der Waals surface area contributed by atoms with Gasteiger partial charge < -0.3 is 0 Å². The van der Waals surface area contributed by atoms with Crippen molar-refractivity contribution in [3.05, 3.63) is 29.7 Å². The third kappa shape index (κ3) is 0.972. The molecular formula is C8H7N3O. The molecule has 4 heteroatoms. The standard InChI is InChI=1S/C8H7N3O/c1-6-9-8-3-2-7(5-12)4-11(8)10-6/h2-5H,1H3. The van der Waals surface area contributed by atoms with Gasteiger partial charge in [-0.25, -0.2) is 9.50 Å². The van der Waals surface area contributed by atoms with Gasteiger partial charge in [-0.1, -0.05) is 0 Å². The first-order valence-electron chi connectivity index (χ1n) is 3.58. The van der Waals surface area contributed by atoms with E-state index >= 15 is 0 Å². The van der Waals surface area contributed by atoms with Crippen molar-refractivity contribution >= 4 is 11.9 Å². The third-order valence-corrected chi connectivity index (χ3v) is 1.60. The van der Waals surface area contributed by atoms with Crippen LogP contribution in [0.2, 0.25) is 0 Å². The van der Waals surface area contributed by atoms with Crippen LogP contribution < -0.4 is 0 Å². The topological polar surface area (TPSA) is 47.3 Å². The lowest BCUT2D eigenvalue weighted by Crippen LogP contribution is -1.89. The number of hydrogen-bond acceptors (Lipinski definition) is 3. The van der Waals surface area contributed by atoms with Crippen molar-refractivity contribution < 1.29 is 4.79 Å². The van der Waals surface area contributed by atoms with Gasteiger partial charge in [0.05, 0.1) is 0 Å². The molecule has 0 spiro atoms. The fourth-order valence-electron chi connectivity index (χ4n) is 1.08. The number of aryl methyl sites for hydroxylation is 1. The summed E-state index contributed by atoms with van der Waals surface area (Å²) in [5, 5.41) is 4.07. The van der Waals surface area contributed by atoms with Crippen LogP contribution in [0.25, 0.3) is 5.65 Å². The van der Waals surface area contributed by atoms with Gasteiger partial charge in [0, 0.05) is 11.8 Å². The van der Waals surface area contributed by atoms with Gasteiger partial charge in [-0.05, 0) is 19.1 Å². The molecule has 0 aliphatic rings. The molecule has 12 heavy (non-hydrogen) atoms. The van der Waals surface area contributed by atoms with Crippen LogP contribution in [-0.2, 0) is 0 Å². The highest BCUT2D eigenvalue weighted by molar-refractivity contribution is 5.74. The Morgan fingerprint density at radius 3 is 3.08 bits per heavy atom. The average molecular weight is 161 g/mol. The Kier molecular flexibility index (Phi) is 1.40. The van der Waals surface area contributed by atoms with Crippen LogP contribution in [0.3, 0.4) is 0 Å². The monoisotopic (exact) mass is 161 g/mol. The van der Waals surface area contributed by atoms with Gasteiger partial charge in [-0.2, -0.15) is 5.10 Å². The maximum atomic E-state index is 10.4. The minimum atomic E-state index is 0.604. The molecule has 0 amide bonds. The molecule has 0 bridgehead atoms. The molecule has 2 heterocycles. The van der Waals surface area contributed by atoms with E-state index in [1.807, 2.05) is 6.92 Å². The summed E-state index contributed by atoms with van der Waals surface area (Å²) >= 11 is 0. The van der Waals surface area contributed by atoms with Crippen molar-refractivity contribution in [3.8, 4) is 0 Å². The van der Waals surface area contributed by atoms with Crippen molar-refractivity contribution in [1.82, 2.24) is 14.6 Å². The molecule has 2 rings (SSSR count). The third-order valence-electron chi connectivity index (χ3n) is 1.60. The van der Waals surface area contributed by atoms with E-state index in [1.54, 1.807) is 22.8 Å². The SMILES string of the molecule is Cc1nc2ccc(C=O)cn2n1. The van der Waals surface area contributed by atoms with Crippen LogP contribution in [0.4, 0.5) is 0 Å². The van der Waals surface area contributed by atoms with E-state index in [2.05, 4.69) is 10.1 Å². The smallest absolute Gasteiger partial charge is 0.155 e. The zero-order chi connectivity index (χ0) is 8.55. The second-order valence-electron chi connectivity index (χ2n) is 2.54. The van der Waals surface area contributed by atoms with Crippen molar-refractivity contribution in [3.63, 3.8) is 0 Å². The maximum Gasteiger partial charge on any atom is 0.155 e.